The van der Waals surface area contributed by atoms with Crippen molar-refractivity contribution >= 4 is 11.8 Å². The number of nitrogens with zero attached hydrogens (tertiary/aromatic N) is 2. The summed E-state index contributed by atoms with van der Waals surface area (Å²) >= 11 is 1.72. The molecular formula is C21H26N2O3S. The van der Waals surface area contributed by atoms with Crippen molar-refractivity contribution in [2.75, 3.05) is 45.3 Å². The van der Waals surface area contributed by atoms with Gasteiger partial charge in [0, 0.05) is 49.9 Å². The Morgan fingerprint density at radius 1 is 0.926 bits per heavy atom. The smallest absolute Gasteiger partial charge is 0.231 e. The molecule has 5 nitrogen and oxygen atoms in total. The quantitative estimate of drug-likeness (QED) is 0.739. The van der Waals surface area contributed by atoms with Crippen LogP contribution in [0.4, 0.5) is 0 Å². The lowest BCUT2D eigenvalue weighted by Gasteiger charge is -2.35. The molecule has 1 N–H and O–H groups in total. The van der Waals surface area contributed by atoms with E-state index in [9.17, 15) is 5.11 Å². The van der Waals surface area contributed by atoms with Gasteiger partial charge in [-0.2, -0.15) is 0 Å². The average molecular weight is 387 g/mol. The van der Waals surface area contributed by atoms with Crippen molar-refractivity contribution in [2.45, 2.75) is 17.5 Å². The van der Waals surface area contributed by atoms with E-state index in [1.165, 1.54) is 10.5 Å². The molecule has 2 aromatic rings. The lowest BCUT2D eigenvalue weighted by molar-refractivity contribution is 0.0798. The van der Waals surface area contributed by atoms with Crippen LogP contribution in [0, 0.1) is 0 Å². The zero-order valence-corrected chi connectivity index (χ0v) is 16.2. The Balaban J connectivity index is 1.18. The summed E-state index contributed by atoms with van der Waals surface area (Å²) in [5.74, 6) is 2.43. The van der Waals surface area contributed by atoms with Crippen LogP contribution in [0.1, 0.15) is 5.56 Å². The molecule has 0 unspecified atom stereocenters. The highest BCUT2D eigenvalue weighted by Crippen LogP contribution is 2.32. The number of hydrogen-bond acceptors (Lipinski definition) is 6. The van der Waals surface area contributed by atoms with E-state index >= 15 is 0 Å². The first-order valence-electron chi connectivity index (χ1n) is 9.45. The van der Waals surface area contributed by atoms with Gasteiger partial charge in [-0.15, -0.1) is 11.8 Å². The normalized spacial score (nSPS) is 18.6. The van der Waals surface area contributed by atoms with E-state index in [-0.39, 0.29) is 6.10 Å². The van der Waals surface area contributed by atoms with Gasteiger partial charge in [0.15, 0.2) is 11.5 Å². The van der Waals surface area contributed by atoms with Crippen LogP contribution in [-0.4, -0.2) is 66.3 Å². The summed E-state index contributed by atoms with van der Waals surface area (Å²) in [7, 11) is 0. The second kappa shape index (κ2) is 8.97. The number of benzene rings is 2. The van der Waals surface area contributed by atoms with Crippen molar-refractivity contribution in [3.05, 3.63) is 54.1 Å². The van der Waals surface area contributed by atoms with Gasteiger partial charge in [-0.3, -0.25) is 9.80 Å². The largest absolute Gasteiger partial charge is 0.454 e. The Kier molecular flexibility index (Phi) is 6.19. The van der Waals surface area contributed by atoms with Crippen LogP contribution >= 0.6 is 11.8 Å². The monoisotopic (exact) mass is 386 g/mol. The number of rotatable bonds is 7. The van der Waals surface area contributed by atoms with Gasteiger partial charge >= 0.3 is 0 Å². The SMILES string of the molecule is O[C@@H](CSc1ccccc1)CN1CCN(Cc2ccc3c(c2)OCO3)CC1. The summed E-state index contributed by atoms with van der Waals surface area (Å²) in [6.45, 7) is 6.03. The number of hydrogen-bond donors (Lipinski definition) is 1. The van der Waals surface area contributed by atoms with Gasteiger partial charge in [-0.05, 0) is 29.8 Å². The third-order valence-corrected chi connectivity index (χ3v) is 6.12. The molecule has 2 heterocycles. The molecule has 6 heteroatoms. The lowest BCUT2D eigenvalue weighted by Crippen LogP contribution is -2.48. The molecule has 4 rings (SSSR count). The minimum Gasteiger partial charge on any atom is -0.454 e. The van der Waals surface area contributed by atoms with Crippen LogP contribution in [0.3, 0.4) is 0 Å². The van der Waals surface area contributed by atoms with Crippen LogP contribution in [0.2, 0.25) is 0 Å². The van der Waals surface area contributed by atoms with E-state index in [4.69, 9.17) is 9.47 Å². The van der Waals surface area contributed by atoms with E-state index in [0.717, 1.165) is 56.5 Å². The van der Waals surface area contributed by atoms with Gasteiger partial charge < -0.3 is 14.6 Å². The molecule has 2 aromatic carbocycles. The summed E-state index contributed by atoms with van der Waals surface area (Å²) in [5, 5.41) is 10.4. The van der Waals surface area contributed by atoms with E-state index in [2.05, 4.69) is 34.1 Å². The molecule has 0 amide bonds. The second-order valence-corrected chi connectivity index (χ2v) is 8.14. The highest BCUT2D eigenvalue weighted by molar-refractivity contribution is 7.99. The van der Waals surface area contributed by atoms with Crippen molar-refractivity contribution in [2.24, 2.45) is 0 Å². The van der Waals surface area contributed by atoms with E-state index in [0.29, 0.717) is 6.79 Å². The standard InChI is InChI=1S/C21H26N2O3S/c24-18(15-27-19-4-2-1-3-5-19)14-23-10-8-22(9-11-23)13-17-6-7-20-21(12-17)26-16-25-20/h1-7,12,18,24H,8-11,13-16H2/t18-/m1/s1. The maximum Gasteiger partial charge on any atom is 0.231 e. The minimum atomic E-state index is -0.296. The molecule has 2 aliphatic heterocycles. The molecular weight excluding hydrogens is 360 g/mol. The van der Waals surface area contributed by atoms with Crippen molar-refractivity contribution in [1.82, 2.24) is 9.80 Å². The zero-order chi connectivity index (χ0) is 18.5. The molecule has 2 aliphatic rings. The summed E-state index contributed by atoms with van der Waals surface area (Å²) in [6.07, 6.45) is -0.296. The molecule has 0 bridgehead atoms. The first-order chi connectivity index (χ1) is 13.3. The maximum atomic E-state index is 10.4. The number of thioether (sulfide) groups is 1. The average Bonchev–Trinajstić information content (AvgIpc) is 3.17. The van der Waals surface area contributed by atoms with Crippen LogP contribution in [-0.2, 0) is 6.54 Å². The van der Waals surface area contributed by atoms with Crippen molar-refractivity contribution in [3.63, 3.8) is 0 Å². The molecule has 0 aromatic heterocycles. The number of piperazine rings is 1. The van der Waals surface area contributed by atoms with Crippen LogP contribution in [0.25, 0.3) is 0 Å². The molecule has 1 fully saturated rings. The molecule has 1 saturated heterocycles. The van der Waals surface area contributed by atoms with Gasteiger partial charge in [0.2, 0.25) is 6.79 Å². The molecule has 0 radical (unpaired) electrons. The number of aliphatic hydroxyl groups excluding tert-OH is 1. The van der Waals surface area contributed by atoms with Crippen molar-refractivity contribution in [3.8, 4) is 11.5 Å². The summed E-state index contributed by atoms with van der Waals surface area (Å²) in [6, 6.07) is 16.5. The molecule has 144 valence electrons. The van der Waals surface area contributed by atoms with E-state index in [1.54, 1.807) is 11.8 Å². The summed E-state index contributed by atoms with van der Waals surface area (Å²) in [5.41, 5.74) is 1.26. The third-order valence-electron chi connectivity index (χ3n) is 4.96. The Labute approximate surface area is 164 Å². The van der Waals surface area contributed by atoms with Crippen LogP contribution in [0.15, 0.2) is 53.4 Å². The van der Waals surface area contributed by atoms with Gasteiger partial charge in [0.05, 0.1) is 6.10 Å². The van der Waals surface area contributed by atoms with Crippen LogP contribution in [0.5, 0.6) is 11.5 Å². The van der Waals surface area contributed by atoms with Crippen molar-refractivity contribution in [1.29, 1.82) is 0 Å². The number of ether oxygens (including phenoxy) is 2. The highest BCUT2D eigenvalue weighted by atomic mass is 32.2. The number of fused-ring (bicyclic) bond motifs is 1. The topological polar surface area (TPSA) is 45.2 Å². The zero-order valence-electron chi connectivity index (χ0n) is 15.4. The fourth-order valence-electron chi connectivity index (χ4n) is 3.49. The Morgan fingerprint density at radius 2 is 1.67 bits per heavy atom. The summed E-state index contributed by atoms with van der Waals surface area (Å²) < 4.78 is 10.8. The fraction of sp³-hybridized carbons (Fsp3) is 0.429. The lowest BCUT2D eigenvalue weighted by atomic mass is 10.1. The molecule has 27 heavy (non-hydrogen) atoms. The molecule has 0 saturated carbocycles. The summed E-state index contributed by atoms with van der Waals surface area (Å²) in [4.78, 5) is 6.04. The molecule has 0 spiro atoms. The highest BCUT2D eigenvalue weighted by Gasteiger charge is 2.20. The Bertz CT molecular complexity index is 735. The molecule has 1 atom stereocenters. The van der Waals surface area contributed by atoms with Gasteiger partial charge in [-0.25, -0.2) is 0 Å². The predicted octanol–water partition coefficient (Wildman–Crippen LogP) is 2.69. The van der Waals surface area contributed by atoms with Gasteiger partial charge in [0.25, 0.3) is 0 Å². The number of aliphatic hydroxyl groups is 1. The third kappa shape index (κ3) is 5.17. The second-order valence-electron chi connectivity index (χ2n) is 7.04. The predicted molar refractivity (Wildman–Crippen MR) is 107 cm³/mol. The van der Waals surface area contributed by atoms with E-state index in [1.807, 2.05) is 24.3 Å². The van der Waals surface area contributed by atoms with Crippen LogP contribution < -0.4 is 9.47 Å². The first-order valence-corrected chi connectivity index (χ1v) is 10.4. The Morgan fingerprint density at radius 3 is 2.48 bits per heavy atom. The molecule has 0 aliphatic carbocycles. The minimum absolute atomic E-state index is 0.296. The van der Waals surface area contributed by atoms with E-state index < -0.39 is 0 Å². The fourth-order valence-corrected chi connectivity index (χ4v) is 4.33. The Hall–Kier alpha value is -1.73. The van der Waals surface area contributed by atoms with Gasteiger partial charge in [0.1, 0.15) is 0 Å². The first kappa shape index (κ1) is 18.6. The number of β-amino-alcohol motifs (C(OH)–C–C–N with tert-alkyl or cyclic N) is 1. The maximum absolute atomic E-state index is 10.4. The van der Waals surface area contributed by atoms with Crippen molar-refractivity contribution < 1.29 is 14.6 Å². The van der Waals surface area contributed by atoms with Gasteiger partial charge in [-0.1, -0.05) is 24.3 Å².